The maximum absolute atomic E-state index is 11.4. The summed E-state index contributed by atoms with van der Waals surface area (Å²) in [6, 6.07) is 0. The van der Waals surface area contributed by atoms with Crippen LogP contribution in [0.4, 0.5) is 0 Å². The van der Waals surface area contributed by atoms with Gasteiger partial charge in [0.1, 0.15) is 0 Å². The number of hydrogen-bond donors (Lipinski definition) is 3. The Morgan fingerprint density at radius 1 is 1.59 bits per heavy atom. The van der Waals surface area contributed by atoms with Crippen LogP contribution >= 0.6 is 0 Å². The molecule has 1 aromatic heterocycles. The largest absolute Gasteiger partial charge is 0.476 e. The van der Waals surface area contributed by atoms with Crippen LogP contribution in [0.3, 0.4) is 0 Å². The Kier molecular flexibility index (Phi) is 3.79. The molecule has 0 aliphatic heterocycles. The molecule has 0 atom stereocenters. The highest BCUT2D eigenvalue weighted by molar-refractivity contribution is 5.85. The summed E-state index contributed by atoms with van der Waals surface area (Å²) in [5.74, 6) is -1.42. The van der Waals surface area contributed by atoms with Crippen LogP contribution in [-0.4, -0.2) is 44.1 Å². The molecule has 0 saturated carbocycles. The zero-order chi connectivity index (χ0) is 13.1. The number of rotatable bonds is 5. The molecule has 8 heteroatoms. The number of amides is 1. The van der Waals surface area contributed by atoms with E-state index in [-0.39, 0.29) is 11.6 Å². The molecular weight excluding hydrogens is 226 g/mol. The normalized spacial score (nSPS) is 11.2. The van der Waals surface area contributed by atoms with E-state index in [0.29, 0.717) is 13.1 Å². The van der Waals surface area contributed by atoms with Gasteiger partial charge in [0, 0.05) is 6.54 Å². The third-order valence-electron chi connectivity index (χ3n) is 1.97. The number of nitrogens with zero attached hydrogens (tertiary/aromatic N) is 3. The maximum Gasteiger partial charge on any atom is 0.358 e. The lowest BCUT2D eigenvalue weighted by molar-refractivity contribution is -0.125. The van der Waals surface area contributed by atoms with Crippen molar-refractivity contribution in [2.24, 2.45) is 5.73 Å². The van der Waals surface area contributed by atoms with Crippen molar-refractivity contribution >= 4 is 11.9 Å². The van der Waals surface area contributed by atoms with Crippen LogP contribution in [0.5, 0.6) is 0 Å². The molecule has 0 unspecified atom stereocenters. The van der Waals surface area contributed by atoms with Gasteiger partial charge in [0.15, 0.2) is 5.69 Å². The summed E-state index contributed by atoms with van der Waals surface area (Å²) < 4.78 is 1.34. The number of carboxylic acids is 1. The number of aromatic carboxylic acids is 1. The van der Waals surface area contributed by atoms with E-state index >= 15 is 0 Å². The molecular formula is C9H15N5O3. The summed E-state index contributed by atoms with van der Waals surface area (Å²) in [5.41, 5.74) is 4.51. The predicted molar refractivity (Wildman–Crippen MR) is 58.3 cm³/mol. The number of carboxylic acid groups (broad SMARTS) is 1. The molecule has 4 N–H and O–H groups in total. The number of carbonyl (C=O) groups excluding carboxylic acids is 1. The van der Waals surface area contributed by atoms with E-state index in [0.717, 1.165) is 0 Å². The van der Waals surface area contributed by atoms with Crippen LogP contribution in [0.15, 0.2) is 6.20 Å². The van der Waals surface area contributed by atoms with Crippen molar-refractivity contribution in [1.82, 2.24) is 20.3 Å². The summed E-state index contributed by atoms with van der Waals surface area (Å²) in [4.78, 5) is 21.9. The number of carbonyl (C=O) groups is 2. The fourth-order valence-corrected chi connectivity index (χ4v) is 1.02. The summed E-state index contributed by atoms with van der Waals surface area (Å²) in [6.07, 6.45) is 1.29. The molecule has 0 bridgehead atoms. The fourth-order valence-electron chi connectivity index (χ4n) is 1.02. The van der Waals surface area contributed by atoms with Gasteiger partial charge in [-0.25, -0.2) is 9.48 Å². The van der Waals surface area contributed by atoms with Crippen LogP contribution in [0.25, 0.3) is 0 Å². The Bertz CT molecular complexity index is 421. The summed E-state index contributed by atoms with van der Waals surface area (Å²) in [7, 11) is 0. The third kappa shape index (κ3) is 3.83. The van der Waals surface area contributed by atoms with Crippen molar-refractivity contribution in [3.05, 3.63) is 11.9 Å². The minimum Gasteiger partial charge on any atom is -0.476 e. The average Bonchev–Trinajstić information content (AvgIpc) is 2.64. The van der Waals surface area contributed by atoms with Crippen LogP contribution in [0, 0.1) is 0 Å². The average molecular weight is 241 g/mol. The molecule has 1 amide bonds. The highest BCUT2D eigenvalue weighted by Crippen LogP contribution is 1.96. The standard InChI is InChI=1S/C9H15N5O3/c1-9(2,10)8(17)11-3-4-14-5-6(7(15)16)12-13-14/h5H,3-4,10H2,1-2H3,(H,11,17)(H,15,16). The zero-order valence-corrected chi connectivity index (χ0v) is 9.67. The molecule has 1 rings (SSSR count). The van der Waals surface area contributed by atoms with Gasteiger partial charge in [0.05, 0.1) is 18.3 Å². The van der Waals surface area contributed by atoms with Gasteiger partial charge < -0.3 is 16.2 Å². The van der Waals surface area contributed by atoms with Crippen molar-refractivity contribution in [2.45, 2.75) is 25.9 Å². The van der Waals surface area contributed by atoms with Crippen LogP contribution in [0.1, 0.15) is 24.3 Å². The Morgan fingerprint density at radius 3 is 2.71 bits per heavy atom. The predicted octanol–water partition coefficient (Wildman–Crippen LogP) is -1.17. The maximum atomic E-state index is 11.4. The lowest BCUT2D eigenvalue weighted by Gasteiger charge is -2.17. The van der Waals surface area contributed by atoms with Gasteiger partial charge in [-0.2, -0.15) is 0 Å². The van der Waals surface area contributed by atoms with Gasteiger partial charge in [-0.15, -0.1) is 5.10 Å². The second-order valence-corrected chi connectivity index (χ2v) is 4.15. The molecule has 94 valence electrons. The summed E-state index contributed by atoms with van der Waals surface area (Å²) >= 11 is 0. The van der Waals surface area contributed by atoms with E-state index in [1.807, 2.05) is 0 Å². The molecule has 17 heavy (non-hydrogen) atoms. The van der Waals surface area contributed by atoms with Crippen molar-refractivity contribution in [3.8, 4) is 0 Å². The van der Waals surface area contributed by atoms with Gasteiger partial charge in [0.25, 0.3) is 0 Å². The second kappa shape index (κ2) is 4.91. The molecule has 0 fully saturated rings. The summed E-state index contributed by atoms with van der Waals surface area (Å²) in [5, 5.41) is 18.3. The van der Waals surface area contributed by atoms with E-state index in [4.69, 9.17) is 10.8 Å². The molecule has 0 spiro atoms. The monoisotopic (exact) mass is 241 g/mol. The number of nitrogens with two attached hydrogens (primary N) is 1. The van der Waals surface area contributed by atoms with Gasteiger partial charge >= 0.3 is 5.97 Å². The van der Waals surface area contributed by atoms with Crippen LogP contribution in [0.2, 0.25) is 0 Å². The van der Waals surface area contributed by atoms with E-state index in [2.05, 4.69) is 15.6 Å². The Morgan fingerprint density at radius 2 is 2.24 bits per heavy atom. The molecule has 8 nitrogen and oxygen atoms in total. The molecule has 0 aliphatic rings. The van der Waals surface area contributed by atoms with Crippen LogP contribution in [-0.2, 0) is 11.3 Å². The van der Waals surface area contributed by atoms with E-state index in [1.165, 1.54) is 10.9 Å². The van der Waals surface area contributed by atoms with Crippen molar-refractivity contribution in [2.75, 3.05) is 6.54 Å². The van der Waals surface area contributed by atoms with Gasteiger partial charge in [-0.1, -0.05) is 5.21 Å². The second-order valence-electron chi connectivity index (χ2n) is 4.15. The summed E-state index contributed by atoms with van der Waals surface area (Å²) in [6.45, 7) is 3.84. The topological polar surface area (TPSA) is 123 Å². The third-order valence-corrected chi connectivity index (χ3v) is 1.97. The molecule has 0 aliphatic carbocycles. The molecule has 1 heterocycles. The van der Waals surface area contributed by atoms with Gasteiger partial charge in [-0.3, -0.25) is 4.79 Å². The van der Waals surface area contributed by atoms with E-state index < -0.39 is 11.5 Å². The van der Waals surface area contributed by atoms with Crippen molar-refractivity contribution < 1.29 is 14.7 Å². The molecule has 0 radical (unpaired) electrons. The Labute approximate surface area is 97.8 Å². The number of aromatic nitrogens is 3. The fraction of sp³-hybridized carbons (Fsp3) is 0.556. The quantitative estimate of drug-likeness (QED) is 0.596. The van der Waals surface area contributed by atoms with Crippen LogP contribution < -0.4 is 11.1 Å². The van der Waals surface area contributed by atoms with E-state index in [9.17, 15) is 9.59 Å². The first-order valence-electron chi connectivity index (χ1n) is 5.01. The van der Waals surface area contributed by atoms with Crippen molar-refractivity contribution in [1.29, 1.82) is 0 Å². The first-order valence-corrected chi connectivity index (χ1v) is 5.01. The molecule has 0 saturated heterocycles. The lowest BCUT2D eigenvalue weighted by Crippen LogP contribution is -2.49. The minimum atomic E-state index is -1.14. The van der Waals surface area contributed by atoms with Gasteiger partial charge in [-0.05, 0) is 13.8 Å². The van der Waals surface area contributed by atoms with E-state index in [1.54, 1.807) is 13.8 Å². The smallest absolute Gasteiger partial charge is 0.358 e. The number of hydrogen-bond acceptors (Lipinski definition) is 5. The lowest BCUT2D eigenvalue weighted by atomic mass is 10.1. The SMILES string of the molecule is CC(C)(N)C(=O)NCCn1cc(C(=O)O)nn1. The Hall–Kier alpha value is -1.96. The number of nitrogens with one attached hydrogen (secondary N) is 1. The first kappa shape index (κ1) is 13.1. The highest BCUT2D eigenvalue weighted by Gasteiger charge is 2.20. The molecule has 0 aromatic carbocycles. The minimum absolute atomic E-state index is 0.129. The molecule has 1 aromatic rings. The first-order chi connectivity index (χ1) is 7.80. The highest BCUT2D eigenvalue weighted by atomic mass is 16.4. The van der Waals surface area contributed by atoms with Gasteiger partial charge in [0.2, 0.25) is 5.91 Å². The van der Waals surface area contributed by atoms with Crippen molar-refractivity contribution in [3.63, 3.8) is 0 Å². The Balaban J connectivity index is 2.41. The zero-order valence-electron chi connectivity index (χ0n) is 9.67.